The van der Waals surface area contributed by atoms with E-state index in [9.17, 15) is 9.90 Å². The molecule has 0 radical (unpaired) electrons. The van der Waals surface area contributed by atoms with Crippen LogP contribution in [-0.4, -0.2) is 17.5 Å². The number of ketones is 1. The van der Waals surface area contributed by atoms with Gasteiger partial charge < -0.3 is 5.11 Å². The molecule has 1 N–H and O–H groups in total. The van der Waals surface area contributed by atoms with E-state index in [0.717, 1.165) is 49.4 Å². The number of aliphatic hydroxyl groups excluding tert-OH is 1. The largest absolute Gasteiger partial charge is 0.396 e. The summed E-state index contributed by atoms with van der Waals surface area (Å²) < 4.78 is 0. The molecule has 2 heteroatoms. The molecule has 128 valence electrons. The fourth-order valence-electron chi connectivity index (χ4n) is 7.30. The molecule has 4 rings (SSSR count). The lowest BCUT2D eigenvalue weighted by Gasteiger charge is -2.58. The van der Waals surface area contributed by atoms with Crippen molar-refractivity contribution >= 4 is 5.78 Å². The molecule has 4 aliphatic rings. The van der Waals surface area contributed by atoms with Crippen molar-refractivity contribution in [3.05, 3.63) is 11.6 Å². The van der Waals surface area contributed by atoms with Crippen LogP contribution in [0.25, 0.3) is 0 Å². The van der Waals surface area contributed by atoms with Gasteiger partial charge in [0.1, 0.15) is 0 Å². The van der Waals surface area contributed by atoms with E-state index in [0.29, 0.717) is 23.2 Å². The molecule has 3 fully saturated rings. The molecule has 6 atom stereocenters. The molecule has 0 bridgehead atoms. The third-order valence-corrected chi connectivity index (χ3v) is 8.64. The lowest BCUT2D eigenvalue weighted by Crippen LogP contribution is -2.50. The molecular formula is C21H32O2. The second kappa shape index (κ2) is 5.44. The Hall–Kier alpha value is -0.630. The maximum absolute atomic E-state index is 11.9. The zero-order valence-electron chi connectivity index (χ0n) is 14.8. The quantitative estimate of drug-likeness (QED) is 0.813. The van der Waals surface area contributed by atoms with Gasteiger partial charge in [0.2, 0.25) is 0 Å². The smallest absolute Gasteiger partial charge is 0.155 e. The molecule has 4 aliphatic carbocycles. The van der Waals surface area contributed by atoms with Crippen LogP contribution in [0.5, 0.6) is 0 Å². The van der Waals surface area contributed by atoms with Gasteiger partial charge in [-0.3, -0.25) is 4.79 Å². The molecule has 23 heavy (non-hydrogen) atoms. The number of hydrogen-bond donors (Lipinski definition) is 1. The summed E-state index contributed by atoms with van der Waals surface area (Å²) in [5.41, 5.74) is 2.24. The number of allylic oxidation sites excluding steroid dienone is 1. The Morgan fingerprint density at radius 1 is 1.09 bits per heavy atom. The predicted molar refractivity (Wildman–Crippen MR) is 91.9 cm³/mol. The van der Waals surface area contributed by atoms with Crippen LogP contribution in [-0.2, 0) is 4.79 Å². The van der Waals surface area contributed by atoms with E-state index in [1.165, 1.54) is 37.7 Å². The standard InChI is InChI=1S/C21H32O2/c1-20-11-8-19-17(18(20)6-4-14(20)9-12-22)5-3-15-13-16(23)7-10-21(15,19)2/h13-14,17-19,22H,3-12H2,1-2H3/t14-,17-,18-,19-,20-,21+/m1/s1. The van der Waals surface area contributed by atoms with Crippen LogP contribution in [0.15, 0.2) is 11.6 Å². The van der Waals surface area contributed by atoms with Gasteiger partial charge >= 0.3 is 0 Å². The molecule has 0 saturated heterocycles. The molecule has 0 aromatic rings. The first-order valence-corrected chi connectivity index (χ1v) is 9.84. The van der Waals surface area contributed by atoms with E-state index >= 15 is 0 Å². The first kappa shape index (κ1) is 15.9. The molecule has 2 nitrogen and oxygen atoms in total. The fourth-order valence-corrected chi connectivity index (χ4v) is 7.30. The van der Waals surface area contributed by atoms with Crippen molar-refractivity contribution in [2.75, 3.05) is 6.61 Å². The van der Waals surface area contributed by atoms with E-state index in [2.05, 4.69) is 13.8 Å². The van der Waals surface area contributed by atoms with Gasteiger partial charge in [-0.25, -0.2) is 0 Å². The topological polar surface area (TPSA) is 37.3 Å². The summed E-state index contributed by atoms with van der Waals surface area (Å²) in [6.07, 6.45) is 12.7. The van der Waals surface area contributed by atoms with Crippen LogP contribution >= 0.6 is 0 Å². The fraction of sp³-hybridized carbons (Fsp3) is 0.857. The molecule has 3 saturated carbocycles. The SMILES string of the molecule is C[C@]12CC[C@@H]3[C@H](CCC4=CC(=O)CC[C@@]43C)[C@H]1CC[C@@H]2CCO. The zero-order chi connectivity index (χ0) is 16.2. The summed E-state index contributed by atoms with van der Waals surface area (Å²) in [7, 11) is 0. The molecule has 0 aliphatic heterocycles. The van der Waals surface area contributed by atoms with E-state index in [4.69, 9.17) is 0 Å². The van der Waals surface area contributed by atoms with Crippen LogP contribution in [0, 0.1) is 34.5 Å². The molecule has 0 unspecified atom stereocenters. The number of fused-ring (bicyclic) bond motifs is 5. The Balaban J connectivity index is 1.63. The lowest BCUT2D eigenvalue weighted by molar-refractivity contribution is -0.117. The second-order valence-electron chi connectivity index (χ2n) is 9.30. The van der Waals surface area contributed by atoms with Crippen molar-refractivity contribution < 1.29 is 9.90 Å². The minimum absolute atomic E-state index is 0.299. The van der Waals surface area contributed by atoms with E-state index < -0.39 is 0 Å². The molecular weight excluding hydrogens is 284 g/mol. The van der Waals surface area contributed by atoms with Crippen LogP contribution in [0.4, 0.5) is 0 Å². The highest BCUT2D eigenvalue weighted by molar-refractivity contribution is 5.91. The normalized spacial score (nSPS) is 49.2. The summed E-state index contributed by atoms with van der Waals surface area (Å²) in [6, 6.07) is 0. The summed E-state index contributed by atoms with van der Waals surface area (Å²) in [5, 5.41) is 9.44. The lowest BCUT2D eigenvalue weighted by atomic mass is 9.47. The Morgan fingerprint density at radius 2 is 1.91 bits per heavy atom. The summed E-state index contributed by atoms with van der Waals surface area (Å²) in [4.78, 5) is 11.9. The highest BCUT2D eigenvalue weighted by Crippen LogP contribution is 2.66. The van der Waals surface area contributed by atoms with Gasteiger partial charge in [0, 0.05) is 13.0 Å². The Morgan fingerprint density at radius 3 is 2.70 bits per heavy atom. The maximum Gasteiger partial charge on any atom is 0.155 e. The molecule has 0 aromatic heterocycles. The molecule has 0 amide bonds. The van der Waals surface area contributed by atoms with Crippen LogP contribution in [0.1, 0.15) is 71.6 Å². The maximum atomic E-state index is 11.9. The third-order valence-electron chi connectivity index (χ3n) is 8.64. The third kappa shape index (κ3) is 2.20. The average molecular weight is 316 g/mol. The monoisotopic (exact) mass is 316 g/mol. The zero-order valence-corrected chi connectivity index (χ0v) is 14.8. The first-order valence-electron chi connectivity index (χ1n) is 9.84. The van der Waals surface area contributed by atoms with Gasteiger partial charge in [-0.05, 0) is 91.9 Å². The van der Waals surface area contributed by atoms with Crippen LogP contribution in [0.3, 0.4) is 0 Å². The van der Waals surface area contributed by atoms with Gasteiger partial charge in [-0.15, -0.1) is 0 Å². The number of hydrogen-bond acceptors (Lipinski definition) is 2. The van der Waals surface area contributed by atoms with Crippen LogP contribution in [0.2, 0.25) is 0 Å². The van der Waals surface area contributed by atoms with Gasteiger partial charge in [0.15, 0.2) is 5.78 Å². The number of carbonyl (C=O) groups is 1. The number of aliphatic hydroxyl groups is 1. The van der Waals surface area contributed by atoms with Crippen molar-refractivity contribution in [3.63, 3.8) is 0 Å². The highest BCUT2D eigenvalue weighted by Gasteiger charge is 2.58. The molecule has 0 aromatic carbocycles. The van der Waals surface area contributed by atoms with Crippen molar-refractivity contribution in [1.29, 1.82) is 0 Å². The second-order valence-corrected chi connectivity index (χ2v) is 9.30. The predicted octanol–water partition coefficient (Wildman–Crippen LogP) is 4.52. The van der Waals surface area contributed by atoms with Gasteiger partial charge in [0.05, 0.1) is 0 Å². The minimum atomic E-state index is 0.299. The van der Waals surface area contributed by atoms with Gasteiger partial charge in [-0.2, -0.15) is 0 Å². The Labute approximate surface area is 140 Å². The van der Waals surface area contributed by atoms with Gasteiger partial charge in [-0.1, -0.05) is 19.4 Å². The minimum Gasteiger partial charge on any atom is -0.396 e. The van der Waals surface area contributed by atoms with Crippen molar-refractivity contribution in [1.82, 2.24) is 0 Å². The highest BCUT2D eigenvalue weighted by atomic mass is 16.3. The number of carbonyl (C=O) groups excluding carboxylic acids is 1. The van der Waals surface area contributed by atoms with Crippen molar-refractivity contribution in [2.24, 2.45) is 34.5 Å². The van der Waals surface area contributed by atoms with E-state index in [1.54, 1.807) is 0 Å². The summed E-state index contributed by atoms with van der Waals surface area (Å²) >= 11 is 0. The summed E-state index contributed by atoms with van der Waals surface area (Å²) in [6.45, 7) is 5.35. The molecule has 0 spiro atoms. The van der Waals surface area contributed by atoms with Crippen molar-refractivity contribution in [3.8, 4) is 0 Å². The van der Waals surface area contributed by atoms with E-state index in [-0.39, 0.29) is 0 Å². The number of rotatable bonds is 2. The van der Waals surface area contributed by atoms with Gasteiger partial charge in [0.25, 0.3) is 0 Å². The first-order chi connectivity index (χ1) is 11.0. The summed E-state index contributed by atoms with van der Waals surface area (Å²) in [5.74, 6) is 3.60. The van der Waals surface area contributed by atoms with Crippen molar-refractivity contribution in [2.45, 2.75) is 71.6 Å². The van der Waals surface area contributed by atoms with Crippen LogP contribution < -0.4 is 0 Å². The average Bonchev–Trinajstić information content (AvgIpc) is 2.85. The Kier molecular flexibility index (Phi) is 3.75. The molecule has 0 heterocycles. The Bertz CT molecular complexity index is 536. The van der Waals surface area contributed by atoms with E-state index in [1.807, 2.05) is 6.08 Å².